The first kappa shape index (κ1) is 12.0. The van der Waals surface area contributed by atoms with Crippen LogP contribution in [0.5, 0.6) is 0 Å². The molecule has 0 N–H and O–H groups in total. The third-order valence-electron chi connectivity index (χ3n) is 1.82. The maximum absolute atomic E-state index is 11.1. The van der Waals surface area contributed by atoms with E-state index in [2.05, 4.69) is 21.6 Å². The lowest BCUT2D eigenvalue weighted by atomic mass is 10.2. The van der Waals surface area contributed by atoms with Gasteiger partial charge in [0.15, 0.2) is 0 Å². The Kier molecular flexibility index (Phi) is 4.81. The number of carbonyl (C=O) groups is 1. The van der Waals surface area contributed by atoms with Crippen molar-refractivity contribution in [1.82, 2.24) is 4.98 Å². The Balaban J connectivity index is 2.74. The lowest BCUT2D eigenvalue weighted by Crippen LogP contribution is -2.01. The van der Waals surface area contributed by atoms with Crippen LogP contribution >= 0.6 is 0 Å². The molecule has 1 aromatic heterocycles. The Bertz CT molecular complexity index is 435. The number of allylic oxidation sites excluding steroid dienone is 2. The van der Waals surface area contributed by atoms with Crippen molar-refractivity contribution >= 4 is 5.97 Å². The molecule has 0 saturated heterocycles. The predicted molar refractivity (Wildman–Crippen MR) is 61.9 cm³/mol. The number of nitrogens with zero attached hydrogens (tertiary/aromatic N) is 1. The Morgan fingerprint density at radius 1 is 1.56 bits per heavy atom. The number of methoxy groups -OCH3 is 1. The molecule has 1 aromatic rings. The minimum Gasteiger partial charge on any atom is -0.465 e. The standard InChI is InChI=1S/C13H13NO2/c1-3-4-5-6-7-12-9-8-11(10-14-12)13(15)16-2/h4-5,8-10H,3H2,1-2H3/b5-4+. The summed E-state index contributed by atoms with van der Waals surface area (Å²) in [6, 6.07) is 3.34. The highest BCUT2D eigenvalue weighted by molar-refractivity contribution is 5.88. The van der Waals surface area contributed by atoms with Crippen molar-refractivity contribution in [3.63, 3.8) is 0 Å². The van der Waals surface area contributed by atoms with Gasteiger partial charge in [-0.3, -0.25) is 0 Å². The first-order valence-electron chi connectivity index (χ1n) is 4.99. The second-order valence-electron chi connectivity index (χ2n) is 3.00. The summed E-state index contributed by atoms with van der Waals surface area (Å²) in [6.07, 6.45) is 6.18. The molecule has 0 aliphatic heterocycles. The third kappa shape index (κ3) is 3.58. The van der Waals surface area contributed by atoms with Gasteiger partial charge in [-0.15, -0.1) is 0 Å². The second kappa shape index (κ2) is 6.41. The molecule has 0 amide bonds. The highest BCUT2D eigenvalue weighted by Crippen LogP contribution is 2.00. The van der Waals surface area contributed by atoms with Gasteiger partial charge in [-0.25, -0.2) is 9.78 Å². The van der Waals surface area contributed by atoms with E-state index in [-0.39, 0.29) is 0 Å². The van der Waals surface area contributed by atoms with Gasteiger partial charge in [0.05, 0.1) is 12.7 Å². The highest BCUT2D eigenvalue weighted by atomic mass is 16.5. The van der Waals surface area contributed by atoms with Crippen LogP contribution in [0.1, 0.15) is 29.4 Å². The maximum Gasteiger partial charge on any atom is 0.339 e. The topological polar surface area (TPSA) is 39.2 Å². The maximum atomic E-state index is 11.1. The molecule has 1 rings (SSSR count). The van der Waals surface area contributed by atoms with Crippen LogP contribution in [0.4, 0.5) is 0 Å². The number of aromatic nitrogens is 1. The average Bonchev–Trinajstić information content (AvgIpc) is 2.34. The zero-order valence-electron chi connectivity index (χ0n) is 9.36. The molecule has 0 unspecified atom stereocenters. The Hall–Kier alpha value is -2.08. The largest absolute Gasteiger partial charge is 0.465 e. The summed E-state index contributed by atoms with van der Waals surface area (Å²) >= 11 is 0. The van der Waals surface area contributed by atoms with Crippen molar-refractivity contribution in [3.05, 3.63) is 41.7 Å². The minimum atomic E-state index is -0.391. The Morgan fingerprint density at radius 2 is 2.38 bits per heavy atom. The number of pyridine rings is 1. The van der Waals surface area contributed by atoms with E-state index in [9.17, 15) is 4.79 Å². The van der Waals surface area contributed by atoms with Gasteiger partial charge in [-0.2, -0.15) is 0 Å². The summed E-state index contributed by atoms with van der Waals surface area (Å²) in [5.74, 6) is 5.33. The van der Waals surface area contributed by atoms with Gasteiger partial charge >= 0.3 is 5.97 Å². The average molecular weight is 215 g/mol. The summed E-state index contributed by atoms with van der Waals surface area (Å²) in [5, 5.41) is 0. The molecule has 0 radical (unpaired) electrons. The molecule has 0 bridgehead atoms. The number of rotatable bonds is 2. The van der Waals surface area contributed by atoms with Crippen LogP contribution in [-0.2, 0) is 4.74 Å². The first-order chi connectivity index (χ1) is 7.77. The normalized spacial score (nSPS) is 9.62. The van der Waals surface area contributed by atoms with Gasteiger partial charge in [0.1, 0.15) is 5.69 Å². The summed E-state index contributed by atoms with van der Waals surface area (Å²) in [6.45, 7) is 2.04. The van der Waals surface area contributed by atoms with Gasteiger partial charge in [-0.1, -0.05) is 18.9 Å². The van der Waals surface area contributed by atoms with Crippen LogP contribution in [-0.4, -0.2) is 18.1 Å². The fourth-order valence-corrected chi connectivity index (χ4v) is 0.999. The third-order valence-corrected chi connectivity index (χ3v) is 1.82. The van der Waals surface area contributed by atoms with Gasteiger partial charge in [-0.05, 0) is 30.6 Å². The zero-order valence-corrected chi connectivity index (χ0v) is 9.36. The summed E-state index contributed by atoms with van der Waals surface area (Å²) in [7, 11) is 1.34. The quantitative estimate of drug-likeness (QED) is 0.560. The molecule has 0 spiro atoms. The number of hydrogen-bond acceptors (Lipinski definition) is 3. The Labute approximate surface area is 95.2 Å². The molecule has 0 aromatic carbocycles. The minimum absolute atomic E-state index is 0.391. The van der Waals surface area contributed by atoms with Crippen molar-refractivity contribution in [2.75, 3.05) is 7.11 Å². The van der Waals surface area contributed by atoms with Gasteiger partial charge in [0.25, 0.3) is 0 Å². The van der Waals surface area contributed by atoms with Crippen LogP contribution < -0.4 is 0 Å². The van der Waals surface area contributed by atoms with Crippen LogP contribution in [0.25, 0.3) is 0 Å². The van der Waals surface area contributed by atoms with E-state index in [1.54, 1.807) is 18.2 Å². The number of carbonyl (C=O) groups excluding carboxylic acids is 1. The van der Waals surface area contributed by atoms with E-state index < -0.39 is 5.97 Å². The van der Waals surface area contributed by atoms with Gasteiger partial charge in [0, 0.05) is 6.20 Å². The van der Waals surface area contributed by atoms with Crippen molar-refractivity contribution in [3.8, 4) is 11.8 Å². The van der Waals surface area contributed by atoms with E-state index in [0.29, 0.717) is 11.3 Å². The van der Waals surface area contributed by atoms with Gasteiger partial charge < -0.3 is 4.74 Å². The van der Waals surface area contributed by atoms with E-state index >= 15 is 0 Å². The second-order valence-corrected chi connectivity index (χ2v) is 3.00. The van der Waals surface area contributed by atoms with Crippen molar-refractivity contribution < 1.29 is 9.53 Å². The van der Waals surface area contributed by atoms with E-state index in [1.165, 1.54) is 13.3 Å². The van der Waals surface area contributed by atoms with Crippen LogP contribution in [0.15, 0.2) is 30.5 Å². The molecule has 16 heavy (non-hydrogen) atoms. The molecular weight excluding hydrogens is 202 g/mol. The smallest absolute Gasteiger partial charge is 0.339 e. The lowest BCUT2D eigenvalue weighted by Gasteiger charge is -1.97. The summed E-state index contributed by atoms with van der Waals surface area (Å²) in [5.41, 5.74) is 1.06. The number of hydrogen-bond donors (Lipinski definition) is 0. The predicted octanol–water partition coefficient (Wildman–Crippen LogP) is 2.19. The molecule has 0 fully saturated rings. The van der Waals surface area contributed by atoms with Crippen molar-refractivity contribution in [1.29, 1.82) is 0 Å². The summed E-state index contributed by atoms with van der Waals surface area (Å²) in [4.78, 5) is 15.2. The SMILES string of the molecule is CC/C=C/C#Cc1ccc(C(=O)OC)cn1. The van der Waals surface area contributed by atoms with E-state index in [4.69, 9.17) is 0 Å². The highest BCUT2D eigenvalue weighted by Gasteiger charge is 2.03. The molecule has 0 saturated carbocycles. The monoisotopic (exact) mass is 215 g/mol. The molecule has 82 valence electrons. The molecule has 1 heterocycles. The summed E-state index contributed by atoms with van der Waals surface area (Å²) < 4.78 is 4.56. The fraction of sp³-hybridized carbons (Fsp3) is 0.231. The molecule has 3 nitrogen and oxygen atoms in total. The number of esters is 1. The van der Waals surface area contributed by atoms with Crippen molar-refractivity contribution in [2.24, 2.45) is 0 Å². The molecule has 0 aliphatic carbocycles. The molecule has 0 atom stereocenters. The fourth-order valence-electron chi connectivity index (χ4n) is 0.999. The molecular formula is C13H13NO2. The lowest BCUT2D eigenvalue weighted by molar-refractivity contribution is 0.0600. The van der Waals surface area contributed by atoms with E-state index in [1.807, 2.05) is 13.0 Å². The van der Waals surface area contributed by atoms with E-state index in [0.717, 1.165) is 6.42 Å². The zero-order chi connectivity index (χ0) is 11.8. The first-order valence-corrected chi connectivity index (χ1v) is 4.99. The van der Waals surface area contributed by atoms with Crippen molar-refractivity contribution in [2.45, 2.75) is 13.3 Å². The van der Waals surface area contributed by atoms with Gasteiger partial charge in [0.2, 0.25) is 0 Å². The molecule has 0 aliphatic rings. The Morgan fingerprint density at radius 3 is 2.94 bits per heavy atom. The van der Waals surface area contributed by atoms with Crippen LogP contribution in [0, 0.1) is 11.8 Å². The number of ether oxygens (including phenoxy) is 1. The molecule has 3 heteroatoms. The van der Waals surface area contributed by atoms with Crippen LogP contribution in [0.2, 0.25) is 0 Å². The van der Waals surface area contributed by atoms with Crippen LogP contribution in [0.3, 0.4) is 0 Å².